The molecule has 8 heteroatoms. The second-order valence-corrected chi connectivity index (χ2v) is 13.9. The predicted octanol–water partition coefficient (Wildman–Crippen LogP) is 6.86. The van der Waals surface area contributed by atoms with Gasteiger partial charge in [0, 0.05) is 26.7 Å². The first-order chi connectivity index (χ1) is 19.6. The minimum atomic E-state index is -3.94. The summed E-state index contributed by atoms with van der Waals surface area (Å²) >= 11 is 0. The fraction of sp³-hybridized carbons (Fsp3) is 0.441. The third kappa shape index (κ3) is 8.28. The number of esters is 2. The van der Waals surface area contributed by atoms with E-state index in [9.17, 15) is 22.8 Å². The summed E-state index contributed by atoms with van der Waals surface area (Å²) < 4.78 is 39.5. The Bertz CT molecular complexity index is 1560. The number of carbonyl (C=O) groups is 3. The molecule has 0 heterocycles. The Morgan fingerprint density at radius 1 is 0.952 bits per heavy atom. The van der Waals surface area contributed by atoms with Gasteiger partial charge in [-0.3, -0.25) is 14.4 Å². The van der Waals surface area contributed by atoms with Crippen molar-refractivity contribution in [1.82, 2.24) is 0 Å². The van der Waals surface area contributed by atoms with Gasteiger partial charge in [-0.25, -0.2) is 8.42 Å². The third-order valence-electron chi connectivity index (χ3n) is 7.81. The first kappa shape index (κ1) is 33.0. The highest BCUT2D eigenvalue weighted by molar-refractivity contribution is 7.92. The smallest absolute Gasteiger partial charge is 0.303 e. The Morgan fingerprint density at radius 2 is 1.62 bits per heavy atom. The standard InChI is InChI=1S/C34H42O7S/c1-22(15-17-40-25(4)35)18-29(41-26(5)36)19-23(2)20-32(33-24(3)31(37)14-16-34(33,6)7)42(38,39)30-13-12-27-10-8-9-11-28(27)21-30/h8-13,15,19,21,29,32H,14,16-18,20H2,1-7H3/b22-15+,23-19+. The molecule has 226 valence electrons. The van der Waals surface area contributed by atoms with Crippen LogP contribution < -0.4 is 0 Å². The van der Waals surface area contributed by atoms with Crippen LogP contribution in [0.25, 0.3) is 10.8 Å². The van der Waals surface area contributed by atoms with E-state index in [2.05, 4.69) is 0 Å². The van der Waals surface area contributed by atoms with E-state index in [4.69, 9.17) is 9.47 Å². The number of rotatable bonds is 11. The fourth-order valence-corrected chi connectivity index (χ4v) is 7.85. The summed E-state index contributed by atoms with van der Waals surface area (Å²) in [6.45, 7) is 12.2. The molecule has 0 radical (unpaired) electrons. The lowest BCUT2D eigenvalue weighted by Crippen LogP contribution is -2.37. The van der Waals surface area contributed by atoms with Crippen LogP contribution in [0.5, 0.6) is 0 Å². The summed E-state index contributed by atoms with van der Waals surface area (Å²) in [5.41, 5.74) is 2.22. The van der Waals surface area contributed by atoms with Gasteiger partial charge in [0.25, 0.3) is 0 Å². The number of sulfone groups is 1. The summed E-state index contributed by atoms with van der Waals surface area (Å²) in [5, 5.41) is 0.780. The van der Waals surface area contributed by atoms with Gasteiger partial charge < -0.3 is 9.47 Å². The first-order valence-corrected chi connectivity index (χ1v) is 15.8. The van der Waals surface area contributed by atoms with E-state index in [0.29, 0.717) is 30.4 Å². The molecule has 7 nitrogen and oxygen atoms in total. The number of ketones is 1. The molecule has 0 N–H and O–H groups in total. The molecule has 0 fully saturated rings. The quantitative estimate of drug-likeness (QED) is 0.207. The van der Waals surface area contributed by atoms with E-state index in [-0.39, 0.29) is 23.7 Å². The van der Waals surface area contributed by atoms with Gasteiger partial charge in [0.1, 0.15) is 12.7 Å². The van der Waals surface area contributed by atoms with E-state index >= 15 is 0 Å². The highest BCUT2D eigenvalue weighted by atomic mass is 32.2. The molecular formula is C34H42O7S. The number of ether oxygens (including phenoxy) is 2. The molecule has 42 heavy (non-hydrogen) atoms. The zero-order valence-electron chi connectivity index (χ0n) is 25.7. The Hall–Kier alpha value is -3.52. The van der Waals surface area contributed by atoms with Crippen molar-refractivity contribution in [2.45, 2.75) is 90.4 Å². The lowest BCUT2D eigenvalue weighted by atomic mass is 9.70. The van der Waals surface area contributed by atoms with Crippen LogP contribution in [0.1, 0.15) is 74.1 Å². The van der Waals surface area contributed by atoms with Crippen LogP contribution in [0.3, 0.4) is 0 Å². The van der Waals surface area contributed by atoms with Crippen LogP contribution in [-0.2, 0) is 33.7 Å². The molecule has 2 unspecified atom stereocenters. The molecule has 2 atom stereocenters. The minimum Gasteiger partial charge on any atom is -0.462 e. The van der Waals surface area contributed by atoms with Crippen molar-refractivity contribution in [3.63, 3.8) is 0 Å². The summed E-state index contributed by atoms with van der Waals surface area (Å²) in [4.78, 5) is 36.1. The number of hydrogen-bond donors (Lipinski definition) is 0. The van der Waals surface area contributed by atoms with Crippen molar-refractivity contribution in [2.75, 3.05) is 6.61 Å². The Balaban J connectivity index is 2.07. The van der Waals surface area contributed by atoms with Crippen LogP contribution in [0, 0.1) is 5.41 Å². The van der Waals surface area contributed by atoms with Crippen LogP contribution in [0.15, 0.2) is 81.8 Å². The molecule has 2 aromatic rings. The topological polar surface area (TPSA) is 104 Å². The molecule has 0 spiro atoms. The van der Waals surface area contributed by atoms with E-state index in [1.807, 2.05) is 58.0 Å². The molecule has 2 aromatic carbocycles. The van der Waals surface area contributed by atoms with Crippen LogP contribution in [-0.4, -0.2) is 44.1 Å². The molecule has 3 rings (SSSR count). The van der Waals surface area contributed by atoms with Crippen LogP contribution >= 0.6 is 0 Å². The highest BCUT2D eigenvalue weighted by Crippen LogP contribution is 2.45. The summed E-state index contributed by atoms with van der Waals surface area (Å²) in [7, 11) is -3.94. The summed E-state index contributed by atoms with van der Waals surface area (Å²) in [6.07, 6.45) is 4.31. The zero-order chi connectivity index (χ0) is 31.2. The fourth-order valence-electron chi connectivity index (χ4n) is 5.69. The maximum atomic E-state index is 14.5. The van der Waals surface area contributed by atoms with Crippen molar-refractivity contribution in [1.29, 1.82) is 0 Å². The minimum absolute atomic E-state index is 0.0315. The normalized spacial score (nSPS) is 17.6. The third-order valence-corrected chi connectivity index (χ3v) is 9.87. The van der Waals surface area contributed by atoms with Crippen molar-refractivity contribution < 1.29 is 32.3 Å². The SMILES string of the molecule is CC(=O)OC/C=C(\C)CC(/C=C(\C)CC(C1=C(C)C(=O)CCC1(C)C)S(=O)(=O)c1ccc2ccccc2c1)OC(C)=O. The van der Waals surface area contributed by atoms with Gasteiger partial charge in [-0.05, 0) is 85.2 Å². The molecular weight excluding hydrogens is 552 g/mol. The average Bonchev–Trinajstić information content (AvgIpc) is 2.89. The highest BCUT2D eigenvalue weighted by Gasteiger charge is 2.42. The van der Waals surface area contributed by atoms with Crippen molar-refractivity contribution in [2.24, 2.45) is 5.41 Å². The van der Waals surface area contributed by atoms with Gasteiger partial charge in [-0.2, -0.15) is 0 Å². The maximum absolute atomic E-state index is 14.5. The maximum Gasteiger partial charge on any atom is 0.303 e. The van der Waals surface area contributed by atoms with Gasteiger partial charge in [0.05, 0.1) is 10.1 Å². The van der Waals surface area contributed by atoms with Crippen molar-refractivity contribution >= 4 is 38.3 Å². The number of Topliss-reactive ketones (excluding diaryl/α,β-unsaturated/α-hetero) is 1. The lowest BCUT2D eigenvalue weighted by molar-refractivity contribution is -0.144. The number of allylic oxidation sites excluding steroid dienone is 2. The average molecular weight is 595 g/mol. The molecule has 1 aliphatic rings. The van der Waals surface area contributed by atoms with Gasteiger partial charge in [-0.1, -0.05) is 55.3 Å². The Kier molecular flexibility index (Phi) is 10.7. The lowest BCUT2D eigenvalue weighted by Gasteiger charge is -2.38. The Labute approximate surface area is 249 Å². The van der Waals surface area contributed by atoms with E-state index in [1.165, 1.54) is 13.8 Å². The van der Waals surface area contributed by atoms with E-state index < -0.39 is 38.5 Å². The first-order valence-electron chi connectivity index (χ1n) is 14.2. The zero-order valence-corrected chi connectivity index (χ0v) is 26.5. The Morgan fingerprint density at radius 3 is 2.26 bits per heavy atom. The molecule has 0 aromatic heterocycles. The summed E-state index contributed by atoms with van der Waals surface area (Å²) in [6, 6.07) is 12.7. The number of fused-ring (bicyclic) bond motifs is 1. The molecule has 0 amide bonds. The van der Waals surface area contributed by atoms with E-state index in [0.717, 1.165) is 21.9 Å². The van der Waals surface area contributed by atoms with Gasteiger partial charge in [-0.15, -0.1) is 0 Å². The van der Waals surface area contributed by atoms with Gasteiger partial charge in [0.15, 0.2) is 15.6 Å². The molecule has 1 aliphatic carbocycles. The number of benzene rings is 2. The largest absolute Gasteiger partial charge is 0.462 e. The van der Waals surface area contributed by atoms with E-state index in [1.54, 1.807) is 31.2 Å². The van der Waals surface area contributed by atoms with Gasteiger partial charge >= 0.3 is 11.9 Å². The number of carbonyl (C=O) groups excluding carboxylic acids is 3. The van der Waals surface area contributed by atoms with Crippen LogP contribution in [0.4, 0.5) is 0 Å². The van der Waals surface area contributed by atoms with Crippen molar-refractivity contribution in [3.8, 4) is 0 Å². The van der Waals surface area contributed by atoms with Gasteiger partial charge in [0.2, 0.25) is 0 Å². The molecule has 0 saturated heterocycles. The number of hydrogen-bond acceptors (Lipinski definition) is 7. The molecule has 0 bridgehead atoms. The van der Waals surface area contributed by atoms with Crippen molar-refractivity contribution in [3.05, 3.63) is 76.9 Å². The predicted molar refractivity (Wildman–Crippen MR) is 165 cm³/mol. The molecule has 0 aliphatic heterocycles. The second-order valence-electron chi connectivity index (χ2n) is 11.8. The molecule has 0 saturated carbocycles. The van der Waals surface area contributed by atoms with Crippen LogP contribution in [0.2, 0.25) is 0 Å². The summed E-state index contributed by atoms with van der Waals surface area (Å²) in [5.74, 6) is -0.885. The monoisotopic (exact) mass is 594 g/mol. The second kappa shape index (κ2) is 13.6.